The molecule has 0 aliphatic rings. The number of halogens is 4. The summed E-state index contributed by atoms with van der Waals surface area (Å²) < 4.78 is 52.3. The van der Waals surface area contributed by atoms with Gasteiger partial charge in [-0.25, -0.2) is 9.37 Å². The molecule has 24 heavy (non-hydrogen) atoms. The fourth-order valence-electron chi connectivity index (χ4n) is 1.95. The van der Waals surface area contributed by atoms with Crippen molar-refractivity contribution in [2.45, 2.75) is 39.4 Å². The van der Waals surface area contributed by atoms with Crippen molar-refractivity contribution in [3.05, 3.63) is 41.3 Å². The van der Waals surface area contributed by atoms with Crippen molar-refractivity contribution in [2.75, 3.05) is 10.6 Å². The van der Waals surface area contributed by atoms with Gasteiger partial charge in [-0.05, 0) is 44.0 Å². The summed E-state index contributed by atoms with van der Waals surface area (Å²) >= 11 is 0. The summed E-state index contributed by atoms with van der Waals surface area (Å²) in [6, 6.07) is 4.70. The highest BCUT2D eigenvalue weighted by Gasteiger charge is 2.34. The number of aryl methyl sites for hydroxylation is 1. The predicted octanol–water partition coefficient (Wildman–Crippen LogP) is 4.90. The second-order valence-corrected chi connectivity index (χ2v) is 5.50. The van der Waals surface area contributed by atoms with E-state index in [2.05, 4.69) is 20.6 Å². The Bertz CT molecular complexity index is 716. The van der Waals surface area contributed by atoms with Crippen molar-refractivity contribution in [3.63, 3.8) is 0 Å². The van der Waals surface area contributed by atoms with Crippen LogP contribution in [0.15, 0.2) is 24.3 Å². The Kier molecular flexibility index (Phi) is 5.26. The van der Waals surface area contributed by atoms with Gasteiger partial charge in [-0.15, -0.1) is 0 Å². The molecule has 1 heterocycles. The Hall–Kier alpha value is -2.38. The van der Waals surface area contributed by atoms with E-state index >= 15 is 0 Å². The molecule has 0 aliphatic carbocycles. The number of alkyl halides is 3. The lowest BCUT2D eigenvalue weighted by molar-refractivity contribution is -0.141. The molecule has 2 rings (SSSR count). The number of hydrogen-bond donors (Lipinski definition) is 2. The summed E-state index contributed by atoms with van der Waals surface area (Å²) in [7, 11) is 0. The van der Waals surface area contributed by atoms with E-state index in [0.29, 0.717) is 17.7 Å². The first-order chi connectivity index (χ1) is 11.2. The van der Waals surface area contributed by atoms with Crippen LogP contribution in [-0.4, -0.2) is 16.0 Å². The van der Waals surface area contributed by atoms with Crippen molar-refractivity contribution >= 4 is 17.5 Å². The topological polar surface area (TPSA) is 49.8 Å². The molecule has 1 aromatic heterocycles. The molecule has 0 radical (unpaired) electrons. The zero-order chi connectivity index (χ0) is 17.9. The van der Waals surface area contributed by atoms with Crippen LogP contribution in [0.3, 0.4) is 0 Å². The maximum atomic E-state index is 13.1. The molecule has 0 aliphatic heterocycles. The predicted molar refractivity (Wildman–Crippen MR) is 84.8 cm³/mol. The molecule has 0 unspecified atom stereocenters. The van der Waals surface area contributed by atoms with E-state index in [-0.39, 0.29) is 17.8 Å². The lowest BCUT2D eigenvalue weighted by Crippen LogP contribution is -2.18. The number of hydrogen-bond acceptors (Lipinski definition) is 4. The van der Waals surface area contributed by atoms with E-state index in [1.54, 1.807) is 6.92 Å². The zero-order valence-corrected chi connectivity index (χ0v) is 13.5. The monoisotopic (exact) mass is 342 g/mol. The highest BCUT2D eigenvalue weighted by Crippen LogP contribution is 2.31. The lowest BCUT2D eigenvalue weighted by Gasteiger charge is -2.16. The normalized spacial score (nSPS) is 12.8. The van der Waals surface area contributed by atoms with Crippen LogP contribution in [0.2, 0.25) is 0 Å². The first-order valence-corrected chi connectivity index (χ1v) is 7.45. The smallest absolute Gasteiger partial charge is 0.352 e. The second kappa shape index (κ2) is 7.02. The molecule has 0 saturated carbocycles. The molecule has 2 N–H and O–H groups in total. The molecule has 0 amide bonds. The van der Waals surface area contributed by atoms with Gasteiger partial charge in [0.1, 0.15) is 11.6 Å². The van der Waals surface area contributed by atoms with E-state index in [9.17, 15) is 17.6 Å². The standard InChI is InChI=1S/C16H18F4N4/c1-4-10(3)21-15-23-13(16(18,19)20)8-14(24-15)22-12-6-5-11(17)7-9(12)2/h5-8,10H,4H2,1-3H3,(H2,21,22,23,24)/t10-/m0/s1. The minimum atomic E-state index is -4.59. The van der Waals surface area contributed by atoms with Crippen LogP contribution in [0, 0.1) is 12.7 Å². The van der Waals surface area contributed by atoms with E-state index in [1.165, 1.54) is 18.2 Å². The number of nitrogens with one attached hydrogen (secondary N) is 2. The van der Waals surface area contributed by atoms with E-state index in [0.717, 1.165) is 6.07 Å². The maximum absolute atomic E-state index is 13.1. The van der Waals surface area contributed by atoms with Gasteiger partial charge >= 0.3 is 6.18 Å². The molecule has 2 aromatic rings. The minimum absolute atomic E-state index is 0.0159. The van der Waals surface area contributed by atoms with Gasteiger partial charge in [0.05, 0.1) is 0 Å². The molecule has 0 spiro atoms. The van der Waals surface area contributed by atoms with Crippen LogP contribution in [0.4, 0.5) is 35.0 Å². The summed E-state index contributed by atoms with van der Waals surface area (Å²) in [4.78, 5) is 7.59. The molecule has 0 fully saturated rings. The summed E-state index contributed by atoms with van der Waals surface area (Å²) in [5.41, 5.74) is -0.0260. The Morgan fingerprint density at radius 3 is 2.46 bits per heavy atom. The van der Waals surface area contributed by atoms with E-state index in [1.807, 2.05) is 13.8 Å². The molecule has 0 saturated heterocycles. The average molecular weight is 342 g/mol. The van der Waals surface area contributed by atoms with E-state index < -0.39 is 17.7 Å². The summed E-state index contributed by atoms with van der Waals surface area (Å²) in [5.74, 6) is -0.546. The Morgan fingerprint density at radius 2 is 1.88 bits per heavy atom. The fourth-order valence-corrected chi connectivity index (χ4v) is 1.95. The maximum Gasteiger partial charge on any atom is 0.433 e. The first kappa shape index (κ1) is 18.0. The van der Waals surface area contributed by atoms with Gasteiger partial charge in [-0.3, -0.25) is 0 Å². The zero-order valence-electron chi connectivity index (χ0n) is 13.5. The largest absolute Gasteiger partial charge is 0.433 e. The highest BCUT2D eigenvalue weighted by atomic mass is 19.4. The molecule has 1 atom stereocenters. The summed E-state index contributed by atoms with van der Waals surface area (Å²) in [6.07, 6.45) is -3.89. The third-order valence-electron chi connectivity index (χ3n) is 3.46. The van der Waals surface area contributed by atoms with Gasteiger partial charge in [0.15, 0.2) is 5.69 Å². The van der Waals surface area contributed by atoms with Crippen LogP contribution < -0.4 is 10.6 Å². The third kappa shape index (κ3) is 4.56. The van der Waals surface area contributed by atoms with Crippen molar-refractivity contribution in [2.24, 2.45) is 0 Å². The first-order valence-electron chi connectivity index (χ1n) is 7.45. The highest BCUT2D eigenvalue weighted by molar-refractivity contribution is 5.61. The number of aromatic nitrogens is 2. The summed E-state index contributed by atoms with van der Waals surface area (Å²) in [5, 5.41) is 5.62. The Morgan fingerprint density at radius 1 is 1.17 bits per heavy atom. The molecule has 0 bridgehead atoms. The van der Waals surface area contributed by atoms with Crippen LogP contribution >= 0.6 is 0 Å². The molecule has 130 valence electrons. The van der Waals surface area contributed by atoms with E-state index in [4.69, 9.17) is 0 Å². The average Bonchev–Trinajstić information content (AvgIpc) is 2.49. The van der Waals surface area contributed by atoms with Crippen molar-refractivity contribution in [1.29, 1.82) is 0 Å². The van der Waals surface area contributed by atoms with Crippen LogP contribution in [-0.2, 0) is 6.18 Å². The van der Waals surface area contributed by atoms with Crippen LogP contribution in [0.1, 0.15) is 31.5 Å². The Balaban J connectivity index is 2.38. The minimum Gasteiger partial charge on any atom is -0.352 e. The number of benzene rings is 1. The Labute approximate surface area is 137 Å². The van der Waals surface area contributed by atoms with Crippen LogP contribution in [0.25, 0.3) is 0 Å². The van der Waals surface area contributed by atoms with Gasteiger partial charge in [0, 0.05) is 17.8 Å². The molecular formula is C16H18F4N4. The molecular weight excluding hydrogens is 324 g/mol. The van der Waals surface area contributed by atoms with Gasteiger partial charge in [0.25, 0.3) is 0 Å². The van der Waals surface area contributed by atoms with Crippen molar-refractivity contribution in [1.82, 2.24) is 9.97 Å². The molecule has 8 heteroatoms. The van der Waals surface area contributed by atoms with Crippen molar-refractivity contribution in [3.8, 4) is 0 Å². The SMILES string of the molecule is CC[C@H](C)Nc1nc(Nc2ccc(F)cc2C)cc(C(F)(F)F)n1. The number of anilines is 3. The van der Waals surface area contributed by atoms with Gasteiger partial charge < -0.3 is 10.6 Å². The fraction of sp³-hybridized carbons (Fsp3) is 0.375. The molecule has 4 nitrogen and oxygen atoms in total. The van der Waals surface area contributed by atoms with Gasteiger partial charge in [-0.1, -0.05) is 6.92 Å². The van der Waals surface area contributed by atoms with Gasteiger partial charge in [0.2, 0.25) is 5.95 Å². The number of rotatable bonds is 5. The second-order valence-electron chi connectivity index (χ2n) is 5.50. The van der Waals surface area contributed by atoms with Crippen LogP contribution in [0.5, 0.6) is 0 Å². The van der Waals surface area contributed by atoms with Gasteiger partial charge in [-0.2, -0.15) is 18.2 Å². The quantitative estimate of drug-likeness (QED) is 0.759. The summed E-state index contributed by atoms with van der Waals surface area (Å²) in [6.45, 7) is 5.36. The van der Waals surface area contributed by atoms with Crippen molar-refractivity contribution < 1.29 is 17.6 Å². The molecule has 1 aromatic carbocycles. The third-order valence-corrected chi connectivity index (χ3v) is 3.46. The lowest BCUT2D eigenvalue weighted by atomic mass is 10.2. The number of nitrogens with zero attached hydrogens (tertiary/aromatic N) is 2.